The number of rotatable bonds is 5. The number of hydrogen-bond donors (Lipinski definition) is 1. The zero-order chi connectivity index (χ0) is 32.6. The molecule has 2 aromatic rings. The molecule has 2 aliphatic rings. The van der Waals surface area contributed by atoms with Gasteiger partial charge in [0.05, 0.1) is 11.1 Å². The topological polar surface area (TPSA) is 69.7 Å². The fourth-order valence-electron chi connectivity index (χ4n) is 6.29. The molecule has 1 aliphatic heterocycles. The average molecular weight is 646 g/mol. The van der Waals surface area contributed by atoms with Crippen molar-refractivity contribution in [3.05, 3.63) is 69.2 Å². The fraction of sp³-hybridized carbons (Fsp3) is 0.516. The summed E-state index contributed by atoms with van der Waals surface area (Å²) in [5.41, 5.74) is -2.38. The molecule has 2 aromatic carbocycles. The molecule has 0 radical (unpaired) electrons. The van der Waals surface area contributed by atoms with Gasteiger partial charge in [-0.3, -0.25) is 14.4 Å². The number of likely N-dealkylation sites (N-methyl/N-ethyl adjacent to an activating group) is 1. The summed E-state index contributed by atoms with van der Waals surface area (Å²) in [5.74, 6) is -1.89. The highest BCUT2D eigenvalue weighted by Gasteiger charge is 2.41. The Morgan fingerprint density at radius 2 is 1.50 bits per heavy atom. The lowest BCUT2D eigenvalue weighted by atomic mass is 9.81. The third-order valence-corrected chi connectivity index (χ3v) is 9.06. The van der Waals surface area contributed by atoms with Gasteiger partial charge in [-0.25, -0.2) is 0 Å². The first-order chi connectivity index (χ1) is 20.5. The van der Waals surface area contributed by atoms with E-state index in [1.165, 1.54) is 18.9 Å². The molecule has 1 saturated carbocycles. The summed E-state index contributed by atoms with van der Waals surface area (Å²) in [7, 11) is 1.36. The fourth-order valence-corrected chi connectivity index (χ4v) is 6.41. The van der Waals surface area contributed by atoms with E-state index in [0.29, 0.717) is 42.8 Å². The van der Waals surface area contributed by atoms with Gasteiger partial charge >= 0.3 is 12.4 Å². The van der Waals surface area contributed by atoms with E-state index < -0.39 is 46.9 Å². The molecular formula is C31H34ClF6N3O3. The van der Waals surface area contributed by atoms with Crippen molar-refractivity contribution < 1.29 is 40.7 Å². The molecule has 0 aromatic heterocycles. The summed E-state index contributed by atoms with van der Waals surface area (Å²) in [4.78, 5) is 41.4. The number of hydrogen-bond acceptors (Lipinski definition) is 3. The number of benzene rings is 2. The number of nitrogens with one attached hydrogen (secondary N) is 1. The number of nitrogens with zero attached hydrogens (tertiary/aromatic N) is 2. The van der Waals surface area contributed by atoms with E-state index in [0.717, 1.165) is 11.1 Å². The second kappa shape index (κ2) is 13.0. The second-order valence-electron chi connectivity index (χ2n) is 11.7. The van der Waals surface area contributed by atoms with Crippen LogP contribution in [0.15, 0.2) is 36.4 Å². The first-order valence-electron chi connectivity index (χ1n) is 14.3. The summed E-state index contributed by atoms with van der Waals surface area (Å²) in [6.07, 6.45) is -7.39. The molecule has 4 rings (SSSR count). The SMILES string of the molecule is CC(=O)N[C@H]1CC[C@H](C(=O)N2CCC(N(C)C(=O)c3cc(C(F)(F)F)cc(C(F)(F)F)c3)C(c3ccc(Cl)c(C)c3)C2)CC1. The normalized spacial score (nSPS) is 22.8. The Labute approximate surface area is 256 Å². The minimum absolute atomic E-state index is 0.0101. The van der Waals surface area contributed by atoms with Crippen molar-refractivity contribution in [1.82, 2.24) is 15.1 Å². The summed E-state index contributed by atoms with van der Waals surface area (Å²) in [5, 5.41) is 3.39. The van der Waals surface area contributed by atoms with Crippen LogP contribution in [0.2, 0.25) is 5.02 Å². The van der Waals surface area contributed by atoms with Crippen molar-refractivity contribution in [3.63, 3.8) is 0 Å². The second-order valence-corrected chi connectivity index (χ2v) is 12.1. The van der Waals surface area contributed by atoms with Crippen LogP contribution >= 0.6 is 11.6 Å². The Hall–Kier alpha value is -3.28. The number of halogens is 7. The van der Waals surface area contributed by atoms with Crippen LogP contribution in [0, 0.1) is 12.8 Å². The van der Waals surface area contributed by atoms with Crippen LogP contribution in [0.5, 0.6) is 0 Å². The molecule has 240 valence electrons. The molecule has 3 amide bonds. The molecule has 1 saturated heterocycles. The molecular weight excluding hydrogens is 612 g/mol. The Balaban J connectivity index is 1.61. The van der Waals surface area contributed by atoms with Crippen LogP contribution in [0.1, 0.15) is 77.6 Å². The highest BCUT2D eigenvalue weighted by molar-refractivity contribution is 6.31. The average Bonchev–Trinajstić information content (AvgIpc) is 2.96. The third kappa shape index (κ3) is 7.68. The first-order valence-corrected chi connectivity index (χ1v) is 14.7. The van der Waals surface area contributed by atoms with Gasteiger partial charge in [0, 0.05) is 61.6 Å². The van der Waals surface area contributed by atoms with Gasteiger partial charge < -0.3 is 15.1 Å². The van der Waals surface area contributed by atoms with Gasteiger partial charge in [0.25, 0.3) is 5.91 Å². The summed E-state index contributed by atoms with van der Waals surface area (Å²) in [6, 6.07) is 5.49. The van der Waals surface area contributed by atoms with Gasteiger partial charge in [-0.15, -0.1) is 0 Å². The lowest BCUT2D eigenvalue weighted by molar-refractivity contribution is -0.143. The van der Waals surface area contributed by atoms with Crippen molar-refractivity contribution in [2.24, 2.45) is 5.92 Å². The van der Waals surface area contributed by atoms with E-state index in [1.54, 1.807) is 24.0 Å². The van der Waals surface area contributed by atoms with Crippen LogP contribution in [0.4, 0.5) is 26.3 Å². The number of carbonyl (C=O) groups is 3. The van der Waals surface area contributed by atoms with E-state index in [9.17, 15) is 40.7 Å². The van der Waals surface area contributed by atoms with Crippen molar-refractivity contribution in [2.75, 3.05) is 20.1 Å². The number of piperidine rings is 1. The molecule has 2 unspecified atom stereocenters. The van der Waals surface area contributed by atoms with Crippen LogP contribution < -0.4 is 5.32 Å². The first kappa shape index (κ1) is 33.6. The molecule has 6 nitrogen and oxygen atoms in total. The van der Waals surface area contributed by atoms with Gasteiger partial charge in [-0.05, 0) is 74.4 Å². The maximum atomic E-state index is 13.6. The van der Waals surface area contributed by atoms with E-state index in [1.807, 2.05) is 6.07 Å². The zero-order valence-electron chi connectivity index (χ0n) is 24.5. The van der Waals surface area contributed by atoms with Crippen LogP contribution in [0.3, 0.4) is 0 Å². The molecule has 13 heteroatoms. The number of carbonyl (C=O) groups excluding carboxylic acids is 3. The predicted molar refractivity (Wildman–Crippen MR) is 152 cm³/mol. The molecule has 0 bridgehead atoms. The lowest BCUT2D eigenvalue weighted by Crippen LogP contribution is -2.53. The van der Waals surface area contributed by atoms with Crippen LogP contribution in [-0.4, -0.2) is 59.7 Å². The molecule has 0 spiro atoms. The minimum atomic E-state index is -5.09. The van der Waals surface area contributed by atoms with Crippen LogP contribution in [0.25, 0.3) is 0 Å². The number of amides is 3. The third-order valence-electron chi connectivity index (χ3n) is 8.63. The molecule has 44 heavy (non-hydrogen) atoms. The summed E-state index contributed by atoms with van der Waals surface area (Å²) in [6.45, 7) is 3.69. The Morgan fingerprint density at radius 3 is 2.02 bits per heavy atom. The highest BCUT2D eigenvalue weighted by atomic mass is 35.5. The molecule has 1 heterocycles. The quantitative estimate of drug-likeness (QED) is 0.362. The van der Waals surface area contributed by atoms with Gasteiger partial charge in [-0.2, -0.15) is 26.3 Å². The van der Waals surface area contributed by atoms with Crippen molar-refractivity contribution in [1.29, 1.82) is 0 Å². The van der Waals surface area contributed by atoms with Gasteiger partial charge in [0.1, 0.15) is 0 Å². The minimum Gasteiger partial charge on any atom is -0.354 e. The van der Waals surface area contributed by atoms with E-state index >= 15 is 0 Å². The standard InChI is InChI=1S/C31H34ClF6N3O3/c1-17-12-20(6-9-26(17)32)25-16-41(29(44)19-4-7-24(8-5-19)39-18(2)42)11-10-27(25)40(3)28(43)21-13-22(30(33,34)35)15-23(14-21)31(36,37)38/h6,9,12-15,19,24-25,27H,4-5,7-8,10-11,16H2,1-3H3,(H,39,42)/t19-,24-,25?,27?. The van der Waals surface area contributed by atoms with E-state index in [4.69, 9.17) is 11.6 Å². The monoisotopic (exact) mass is 645 g/mol. The number of likely N-dealkylation sites (tertiary alicyclic amines) is 1. The maximum Gasteiger partial charge on any atom is 0.416 e. The lowest BCUT2D eigenvalue weighted by Gasteiger charge is -2.44. The van der Waals surface area contributed by atoms with Crippen molar-refractivity contribution in [2.45, 2.75) is 76.3 Å². The van der Waals surface area contributed by atoms with Gasteiger partial charge in [0.2, 0.25) is 11.8 Å². The predicted octanol–water partition coefficient (Wildman–Crippen LogP) is 6.84. The Kier molecular flexibility index (Phi) is 9.92. The smallest absolute Gasteiger partial charge is 0.354 e. The zero-order valence-corrected chi connectivity index (χ0v) is 25.2. The van der Waals surface area contributed by atoms with Crippen LogP contribution in [-0.2, 0) is 21.9 Å². The van der Waals surface area contributed by atoms with Gasteiger partial charge in [0.15, 0.2) is 0 Å². The highest BCUT2D eigenvalue weighted by Crippen LogP contribution is 2.38. The van der Waals surface area contributed by atoms with E-state index in [-0.39, 0.29) is 49.4 Å². The number of aryl methyl sites for hydroxylation is 1. The Bertz CT molecular complexity index is 1370. The Morgan fingerprint density at radius 1 is 0.909 bits per heavy atom. The van der Waals surface area contributed by atoms with E-state index in [2.05, 4.69) is 5.32 Å². The summed E-state index contributed by atoms with van der Waals surface area (Å²) < 4.78 is 81.0. The molecule has 1 aliphatic carbocycles. The van der Waals surface area contributed by atoms with Crippen molar-refractivity contribution in [3.8, 4) is 0 Å². The molecule has 2 atom stereocenters. The van der Waals surface area contributed by atoms with Gasteiger partial charge in [-0.1, -0.05) is 23.7 Å². The summed E-state index contributed by atoms with van der Waals surface area (Å²) >= 11 is 6.24. The van der Waals surface area contributed by atoms with Crippen molar-refractivity contribution >= 4 is 29.3 Å². The largest absolute Gasteiger partial charge is 0.416 e. The molecule has 1 N–H and O–H groups in total. The maximum absolute atomic E-state index is 13.6. The molecule has 2 fully saturated rings. The number of alkyl halides is 6.